The fraction of sp³-hybridized carbons (Fsp3) is 0. The molecule has 8 rings (SSSR count). The van der Waals surface area contributed by atoms with Crippen molar-refractivity contribution in [2.45, 2.75) is 0 Å². The molecule has 7 aromatic carbocycles. The molecule has 3 heteroatoms. The van der Waals surface area contributed by atoms with Crippen LogP contribution in [0.25, 0.3) is 55.0 Å². The van der Waals surface area contributed by atoms with Crippen molar-refractivity contribution in [1.82, 2.24) is 0 Å². The second-order valence-corrected chi connectivity index (χ2v) is 13.7. The van der Waals surface area contributed by atoms with Gasteiger partial charge in [0.1, 0.15) is 11.2 Å². The van der Waals surface area contributed by atoms with Crippen molar-refractivity contribution in [2.75, 3.05) is 0 Å². The molecule has 0 saturated heterocycles. The van der Waals surface area contributed by atoms with Gasteiger partial charge in [-0.05, 0) is 51.7 Å². The second kappa shape index (κ2) is 10.3. The summed E-state index contributed by atoms with van der Waals surface area (Å²) in [4.78, 5) is 0. The van der Waals surface area contributed by atoms with Gasteiger partial charge in [-0.2, -0.15) is 0 Å². The van der Waals surface area contributed by atoms with E-state index >= 15 is 4.57 Å². The third kappa shape index (κ3) is 4.31. The Bertz CT molecular complexity index is 2270. The lowest BCUT2D eigenvalue weighted by molar-refractivity contribution is 0.592. The van der Waals surface area contributed by atoms with Crippen LogP contribution in [0.2, 0.25) is 0 Å². The van der Waals surface area contributed by atoms with Crippen LogP contribution in [0, 0.1) is 0 Å². The highest BCUT2D eigenvalue weighted by molar-refractivity contribution is 7.85. The first-order valence-corrected chi connectivity index (χ1v) is 16.2. The van der Waals surface area contributed by atoms with Gasteiger partial charge in [0, 0.05) is 32.2 Å². The van der Waals surface area contributed by atoms with Crippen molar-refractivity contribution in [2.24, 2.45) is 0 Å². The normalized spacial score (nSPS) is 11.8. The summed E-state index contributed by atoms with van der Waals surface area (Å²) >= 11 is 0. The van der Waals surface area contributed by atoms with Gasteiger partial charge >= 0.3 is 0 Å². The molecule has 8 aromatic rings. The van der Waals surface area contributed by atoms with Gasteiger partial charge in [-0.25, -0.2) is 0 Å². The smallest absolute Gasteiger partial charge is 0.171 e. The lowest BCUT2D eigenvalue weighted by atomic mass is 9.98. The Morgan fingerprint density at radius 3 is 1.81 bits per heavy atom. The molecular formula is C40H27O2P. The van der Waals surface area contributed by atoms with Gasteiger partial charge in [0.15, 0.2) is 7.14 Å². The van der Waals surface area contributed by atoms with Gasteiger partial charge in [-0.3, -0.25) is 0 Å². The molecule has 0 N–H and O–H groups in total. The number of para-hydroxylation sites is 1. The number of hydrogen-bond acceptors (Lipinski definition) is 2. The molecular weight excluding hydrogens is 543 g/mol. The molecule has 0 aliphatic heterocycles. The van der Waals surface area contributed by atoms with E-state index in [1.807, 2.05) is 72.8 Å². The Labute approximate surface area is 250 Å². The number of rotatable bonds is 5. The predicted octanol–water partition coefficient (Wildman–Crippen LogP) is 9.71. The summed E-state index contributed by atoms with van der Waals surface area (Å²) in [7, 11) is -3.10. The number of hydrogen-bond donors (Lipinski definition) is 0. The maximum Gasteiger partial charge on any atom is 0.171 e. The van der Waals surface area contributed by atoms with E-state index < -0.39 is 7.14 Å². The molecule has 2 nitrogen and oxygen atoms in total. The monoisotopic (exact) mass is 570 g/mol. The van der Waals surface area contributed by atoms with Crippen LogP contribution in [0.15, 0.2) is 168 Å². The molecule has 0 amide bonds. The summed E-state index contributed by atoms with van der Waals surface area (Å²) in [6.45, 7) is 0. The van der Waals surface area contributed by atoms with Crippen molar-refractivity contribution >= 4 is 55.8 Å². The highest BCUT2D eigenvalue weighted by Crippen LogP contribution is 2.44. The number of benzene rings is 7. The third-order valence-corrected chi connectivity index (χ3v) is 11.4. The van der Waals surface area contributed by atoms with Crippen LogP contribution in [-0.4, -0.2) is 0 Å². The van der Waals surface area contributed by atoms with E-state index in [1.54, 1.807) is 0 Å². The van der Waals surface area contributed by atoms with E-state index in [4.69, 9.17) is 4.42 Å². The van der Waals surface area contributed by atoms with Gasteiger partial charge in [0.05, 0.1) is 0 Å². The molecule has 0 unspecified atom stereocenters. The highest BCUT2D eigenvalue weighted by atomic mass is 31.2. The number of furan rings is 1. The molecule has 0 radical (unpaired) electrons. The van der Waals surface area contributed by atoms with Gasteiger partial charge in [0.2, 0.25) is 0 Å². The molecule has 0 fully saturated rings. The molecule has 0 spiro atoms. The van der Waals surface area contributed by atoms with E-state index in [2.05, 4.69) is 91.0 Å². The van der Waals surface area contributed by atoms with E-state index in [-0.39, 0.29) is 0 Å². The topological polar surface area (TPSA) is 30.2 Å². The quantitative estimate of drug-likeness (QED) is 0.193. The van der Waals surface area contributed by atoms with Gasteiger partial charge in [-0.15, -0.1) is 0 Å². The average molecular weight is 571 g/mol. The number of fused-ring (bicyclic) bond motifs is 4. The van der Waals surface area contributed by atoms with Gasteiger partial charge in [0.25, 0.3) is 0 Å². The molecule has 204 valence electrons. The van der Waals surface area contributed by atoms with E-state index in [0.29, 0.717) is 0 Å². The Hall–Kier alpha value is -5.17. The molecule has 0 saturated carbocycles. The van der Waals surface area contributed by atoms with Crippen LogP contribution in [0.1, 0.15) is 0 Å². The molecule has 1 aromatic heterocycles. The van der Waals surface area contributed by atoms with Crippen molar-refractivity contribution < 1.29 is 8.98 Å². The maximum absolute atomic E-state index is 15.0. The summed E-state index contributed by atoms with van der Waals surface area (Å²) < 4.78 is 21.6. The Morgan fingerprint density at radius 2 is 1.05 bits per heavy atom. The van der Waals surface area contributed by atoms with E-state index in [9.17, 15) is 0 Å². The minimum Gasteiger partial charge on any atom is -0.455 e. The minimum atomic E-state index is -3.10. The van der Waals surface area contributed by atoms with Crippen LogP contribution in [0.5, 0.6) is 0 Å². The molecule has 43 heavy (non-hydrogen) atoms. The van der Waals surface area contributed by atoms with Crippen LogP contribution in [0.4, 0.5) is 0 Å². The lowest BCUT2D eigenvalue weighted by Crippen LogP contribution is -2.25. The first-order chi connectivity index (χ1) is 21.2. The molecule has 0 atom stereocenters. The lowest BCUT2D eigenvalue weighted by Gasteiger charge is -2.20. The van der Waals surface area contributed by atoms with Crippen LogP contribution >= 0.6 is 7.14 Å². The Morgan fingerprint density at radius 1 is 0.419 bits per heavy atom. The van der Waals surface area contributed by atoms with Crippen LogP contribution in [0.3, 0.4) is 0 Å². The summed E-state index contributed by atoms with van der Waals surface area (Å²) in [6, 6.07) is 55.5. The van der Waals surface area contributed by atoms with Crippen LogP contribution in [-0.2, 0) is 4.57 Å². The van der Waals surface area contributed by atoms with E-state index in [0.717, 1.165) is 54.5 Å². The fourth-order valence-corrected chi connectivity index (χ4v) is 8.86. The average Bonchev–Trinajstić information content (AvgIpc) is 3.47. The standard InChI is InChI=1S/C40H27O2P/c41-43(33-14-3-1-4-15-33,34-16-5-2-6-17-34)35-18-9-13-32(26-35)36-19-10-20-37-38-27-31(23-24-39(38)42-40(36)37)30-22-21-28-11-7-8-12-29(28)25-30/h1-27H. The summed E-state index contributed by atoms with van der Waals surface area (Å²) in [5, 5.41) is 7.05. The zero-order valence-corrected chi connectivity index (χ0v) is 24.2. The first-order valence-electron chi connectivity index (χ1n) is 14.5. The molecule has 1 heterocycles. The molecule has 0 bridgehead atoms. The Balaban J connectivity index is 1.27. The first kappa shape index (κ1) is 25.5. The summed E-state index contributed by atoms with van der Waals surface area (Å²) in [5.41, 5.74) is 5.97. The minimum absolute atomic E-state index is 0.800. The fourth-order valence-electron chi connectivity index (χ4n) is 6.17. The molecule has 0 aliphatic carbocycles. The third-order valence-electron chi connectivity index (χ3n) is 8.34. The predicted molar refractivity (Wildman–Crippen MR) is 181 cm³/mol. The van der Waals surface area contributed by atoms with Crippen molar-refractivity contribution in [3.63, 3.8) is 0 Å². The Kier molecular flexibility index (Phi) is 6.10. The van der Waals surface area contributed by atoms with Crippen molar-refractivity contribution in [1.29, 1.82) is 0 Å². The largest absolute Gasteiger partial charge is 0.455 e. The SMILES string of the molecule is O=P(c1ccccc1)(c1ccccc1)c1cccc(-c2cccc3c2oc2ccc(-c4ccc5ccccc5c4)cc23)c1. The summed E-state index contributed by atoms with van der Waals surface area (Å²) in [6.07, 6.45) is 0. The second-order valence-electron chi connectivity index (χ2n) is 10.9. The molecule has 0 aliphatic rings. The van der Waals surface area contributed by atoms with Gasteiger partial charge < -0.3 is 8.98 Å². The summed E-state index contributed by atoms with van der Waals surface area (Å²) in [5.74, 6) is 0. The van der Waals surface area contributed by atoms with Crippen LogP contribution < -0.4 is 15.9 Å². The van der Waals surface area contributed by atoms with E-state index in [1.165, 1.54) is 16.3 Å². The maximum atomic E-state index is 15.0. The highest BCUT2D eigenvalue weighted by Gasteiger charge is 2.30. The van der Waals surface area contributed by atoms with Gasteiger partial charge in [-0.1, -0.05) is 140 Å². The van der Waals surface area contributed by atoms with Crippen molar-refractivity contribution in [3.8, 4) is 22.3 Å². The zero-order valence-electron chi connectivity index (χ0n) is 23.4. The van der Waals surface area contributed by atoms with Crippen molar-refractivity contribution in [3.05, 3.63) is 164 Å². The zero-order chi connectivity index (χ0) is 28.8.